The maximum absolute atomic E-state index is 12.0. The van der Waals surface area contributed by atoms with E-state index in [0.29, 0.717) is 5.56 Å². The number of carbonyl (C=O) groups is 2. The number of carboxylic acids is 1. The Labute approximate surface area is 128 Å². The maximum atomic E-state index is 12.0. The van der Waals surface area contributed by atoms with Crippen molar-refractivity contribution < 1.29 is 19.4 Å². The van der Waals surface area contributed by atoms with Gasteiger partial charge < -0.3 is 15.2 Å². The minimum absolute atomic E-state index is 0.0824. The zero-order chi connectivity index (χ0) is 16.1. The summed E-state index contributed by atoms with van der Waals surface area (Å²) in [4.78, 5) is 23.0. The number of anilines is 1. The van der Waals surface area contributed by atoms with Crippen molar-refractivity contribution in [3.63, 3.8) is 0 Å². The van der Waals surface area contributed by atoms with E-state index in [0.717, 1.165) is 24.4 Å². The monoisotopic (exact) mass is 305 g/mol. The van der Waals surface area contributed by atoms with Gasteiger partial charge in [0.1, 0.15) is 0 Å². The largest absolute Gasteiger partial charge is 0.480 e. The minimum Gasteiger partial charge on any atom is -0.480 e. The molecule has 1 amide bonds. The Balaban J connectivity index is 2.03. The fourth-order valence-corrected chi connectivity index (χ4v) is 2.13. The summed E-state index contributed by atoms with van der Waals surface area (Å²) in [6, 6.07) is 5.83. The molecule has 2 rings (SSSR count). The number of nitrogens with one attached hydrogen (secondary N) is 1. The lowest BCUT2D eigenvalue weighted by atomic mass is 10.1. The molecular weight excluding hydrogens is 286 g/mol. The highest BCUT2D eigenvalue weighted by Crippen LogP contribution is 2.19. The molecule has 1 heterocycles. The molecule has 1 aromatic carbocycles. The third-order valence-corrected chi connectivity index (χ3v) is 3.34. The first-order chi connectivity index (χ1) is 10.5. The van der Waals surface area contributed by atoms with Gasteiger partial charge in [0.2, 0.25) is 0 Å². The van der Waals surface area contributed by atoms with Crippen LogP contribution in [-0.2, 0) is 9.53 Å². The van der Waals surface area contributed by atoms with Crippen LogP contribution in [0.25, 0.3) is 0 Å². The number of carboxylic acid groups (broad SMARTS) is 1. The fraction of sp³-hybridized carbons (Fsp3) is 0.400. The van der Waals surface area contributed by atoms with Crippen molar-refractivity contribution in [2.75, 3.05) is 25.3 Å². The van der Waals surface area contributed by atoms with Gasteiger partial charge in [-0.15, -0.1) is 0 Å². The van der Waals surface area contributed by atoms with Crippen LogP contribution in [0.2, 0.25) is 0 Å². The van der Waals surface area contributed by atoms with E-state index in [1.165, 1.54) is 7.11 Å². The van der Waals surface area contributed by atoms with Crippen molar-refractivity contribution in [1.29, 1.82) is 0 Å². The number of benzene rings is 1. The number of hydrazone groups is 1. The number of hydrogen-bond acceptors (Lipinski definition) is 5. The van der Waals surface area contributed by atoms with Crippen molar-refractivity contribution in [3.8, 4) is 0 Å². The van der Waals surface area contributed by atoms with Crippen LogP contribution < -0.4 is 10.3 Å². The molecule has 2 N–H and O–H groups in total. The first-order valence-electron chi connectivity index (χ1n) is 6.95. The van der Waals surface area contributed by atoms with Crippen molar-refractivity contribution in [2.24, 2.45) is 5.10 Å². The minimum atomic E-state index is -1.13. The predicted octanol–water partition coefficient (Wildman–Crippen LogP) is 1.10. The van der Waals surface area contributed by atoms with E-state index in [1.54, 1.807) is 24.3 Å². The van der Waals surface area contributed by atoms with Crippen LogP contribution in [0.1, 0.15) is 23.7 Å². The number of aliphatic carboxylic acids is 1. The van der Waals surface area contributed by atoms with Crippen molar-refractivity contribution in [1.82, 2.24) is 5.32 Å². The van der Waals surface area contributed by atoms with Gasteiger partial charge in [-0.3, -0.25) is 9.80 Å². The third-order valence-electron chi connectivity index (χ3n) is 3.34. The summed E-state index contributed by atoms with van der Waals surface area (Å²) < 4.78 is 4.78. The van der Waals surface area contributed by atoms with E-state index in [1.807, 2.05) is 11.9 Å². The molecule has 0 saturated carbocycles. The first kappa shape index (κ1) is 16.0. The van der Waals surface area contributed by atoms with E-state index in [9.17, 15) is 9.59 Å². The lowest BCUT2D eigenvalue weighted by molar-refractivity contribution is -0.140. The number of carbonyl (C=O) groups excluding carboxylic acids is 1. The number of amides is 1. The lowest BCUT2D eigenvalue weighted by Crippen LogP contribution is -2.43. The second-order valence-electron chi connectivity index (χ2n) is 5.07. The van der Waals surface area contributed by atoms with E-state index in [2.05, 4.69) is 10.4 Å². The summed E-state index contributed by atoms with van der Waals surface area (Å²) in [7, 11) is 1.38. The summed E-state index contributed by atoms with van der Waals surface area (Å²) in [6.45, 7) is 2.72. The molecule has 0 aliphatic carbocycles. The van der Waals surface area contributed by atoms with E-state index in [-0.39, 0.29) is 6.61 Å². The fourth-order valence-electron chi connectivity index (χ4n) is 2.13. The van der Waals surface area contributed by atoms with Gasteiger partial charge in [0, 0.05) is 31.4 Å². The molecule has 1 aliphatic rings. The Morgan fingerprint density at radius 2 is 2.09 bits per heavy atom. The summed E-state index contributed by atoms with van der Waals surface area (Å²) >= 11 is 0. The maximum Gasteiger partial charge on any atom is 0.328 e. The van der Waals surface area contributed by atoms with Gasteiger partial charge >= 0.3 is 5.97 Å². The standard InChI is InChI=1S/C15H19N3O4/c1-10-7-8-18(17-10)12-5-3-11(4-6-12)14(19)16-13(9-22-2)15(20)21/h3-6,13H,7-9H2,1-2H3,(H,16,19)(H,20,21). The highest BCUT2D eigenvalue weighted by Gasteiger charge is 2.20. The molecule has 0 bridgehead atoms. The van der Waals surface area contributed by atoms with Gasteiger partial charge in [0.05, 0.1) is 12.3 Å². The van der Waals surface area contributed by atoms with Gasteiger partial charge in [-0.2, -0.15) is 5.10 Å². The Morgan fingerprint density at radius 1 is 1.41 bits per heavy atom. The van der Waals surface area contributed by atoms with E-state index in [4.69, 9.17) is 9.84 Å². The molecule has 0 spiro atoms. The number of ether oxygens (including phenoxy) is 1. The van der Waals surface area contributed by atoms with Crippen molar-refractivity contribution in [3.05, 3.63) is 29.8 Å². The number of nitrogens with zero attached hydrogens (tertiary/aromatic N) is 2. The molecular formula is C15H19N3O4. The Morgan fingerprint density at radius 3 is 2.59 bits per heavy atom. The normalized spacial score (nSPS) is 15.4. The van der Waals surface area contributed by atoms with Crippen LogP contribution in [-0.4, -0.2) is 49.0 Å². The van der Waals surface area contributed by atoms with Crippen LogP contribution >= 0.6 is 0 Å². The van der Waals surface area contributed by atoms with Crippen LogP contribution in [0.4, 0.5) is 5.69 Å². The van der Waals surface area contributed by atoms with E-state index >= 15 is 0 Å². The van der Waals surface area contributed by atoms with E-state index < -0.39 is 17.9 Å². The summed E-state index contributed by atoms with van der Waals surface area (Å²) in [5.41, 5.74) is 2.37. The average molecular weight is 305 g/mol. The number of hydrogen-bond donors (Lipinski definition) is 2. The molecule has 1 unspecified atom stereocenters. The second kappa shape index (κ2) is 7.04. The SMILES string of the molecule is COCC(NC(=O)c1ccc(N2CCC(C)=N2)cc1)C(=O)O. The molecule has 1 aromatic rings. The second-order valence-corrected chi connectivity index (χ2v) is 5.07. The summed E-state index contributed by atoms with van der Waals surface area (Å²) in [5, 5.41) is 17.7. The molecule has 118 valence electrons. The van der Waals surface area contributed by atoms with Gasteiger partial charge in [-0.1, -0.05) is 0 Å². The third kappa shape index (κ3) is 3.82. The average Bonchev–Trinajstić information content (AvgIpc) is 2.93. The Kier molecular flexibility index (Phi) is 5.11. The molecule has 0 radical (unpaired) electrons. The molecule has 1 atom stereocenters. The lowest BCUT2D eigenvalue weighted by Gasteiger charge is -2.15. The Bertz CT molecular complexity index is 583. The van der Waals surface area contributed by atoms with Gasteiger partial charge in [0.25, 0.3) is 5.91 Å². The van der Waals surface area contributed by atoms with Crippen LogP contribution in [0, 0.1) is 0 Å². The molecule has 7 nitrogen and oxygen atoms in total. The molecule has 0 saturated heterocycles. The van der Waals surface area contributed by atoms with Gasteiger partial charge in [-0.05, 0) is 31.2 Å². The highest BCUT2D eigenvalue weighted by molar-refractivity contribution is 5.97. The highest BCUT2D eigenvalue weighted by atomic mass is 16.5. The summed E-state index contributed by atoms with van der Waals surface area (Å²) in [6.07, 6.45) is 0.930. The molecule has 1 aliphatic heterocycles. The number of rotatable bonds is 6. The van der Waals surface area contributed by atoms with Gasteiger partial charge in [0.15, 0.2) is 6.04 Å². The molecule has 22 heavy (non-hydrogen) atoms. The van der Waals surface area contributed by atoms with Crippen LogP contribution in [0.5, 0.6) is 0 Å². The first-order valence-corrected chi connectivity index (χ1v) is 6.95. The number of methoxy groups -OCH3 is 1. The van der Waals surface area contributed by atoms with Crippen molar-refractivity contribution in [2.45, 2.75) is 19.4 Å². The predicted molar refractivity (Wildman–Crippen MR) is 82.3 cm³/mol. The summed E-state index contributed by atoms with van der Waals surface area (Å²) in [5.74, 6) is -1.58. The molecule has 7 heteroatoms. The smallest absolute Gasteiger partial charge is 0.328 e. The van der Waals surface area contributed by atoms with Crippen LogP contribution in [0.15, 0.2) is 29.4 Å². The molecule has 0 aromatic heterocycles. The quantitative estimate of drug-likeness (QED) is 0.821. The Hall–Kier alpha value is -2.41. The van der Waals surface area contributed by atoms with Crippen LogP contribution in [0.3, 0.4) is 0 Å². The zero-order valence-electron chi connectivity index (χ0n) is 12.6. The van der Waals surface area contributed by atoms with Crippen molar-refractivity contribution >= 4 is 23.3 Å². The topological polar surface area (TPSA) is 91.2 Å². The zero-order valence-corrected chi connectivity index (χ0v) is 12.6. The van der Waals surface area contributed by atoms with Gasteiger partial charge in [-0.25, -0.2) is 4.79 Å². The molecule has 0 fully saturated rings.